The number of carbonyl (C=O) groups is 2. The van der Waals surface area contributed by atoms with Crippen molar-refractivity contribution in [2.24, 2.45) is 0 Å². The third-order valence-electron chi connectivity index (χ3n) is 3.30. The molecule has 2 amide bonds. The van der Waals surface area contributed by atoms with Crippen LogP contribution in [0.3, 0.4) is 0 Å². The summed E-state index contributed by atoms with van der Waals surface area (Å²) >= 11 is 0. The Morgan fingerprint density at radius 3 is 2.44 bits per heavy atom. The number of β-amino-alcohol motifs (C(OH)–C–C–N with tert-alkyl or cyclic N) is 1. The van der Waals surface area contributed by atoms with E-state index in [2.05, 4.69) is 0 Å². The maximum absolute atomic E-state index is 11.5. The molecule has 0 aromatic heterocycles. The molecule has 1 heterocycles. The molecule has 1 N–H and O–H groups in total. The van der Waals surface area contributed by atoms with Crippen LogP contribution in [0.5, 0.6) is 0 Å². The molecule has 1 fully saturated rings. The maximum Gasteiger partial charge on any atom is 0.229 e. The highest BCUT2D eigenvalue weighted by Gasteiger charge is 2.30. The summed E-state index contributed by atoms with van der Waals surface area (Å²) in [5.41, 5.74) is 2.79. The van der Waals surface area contributed by atoms with Gasteiger partial charge in [0.1, 0.15) is 0 Å². The summed E-state index contributed by atoms with van der Waals surface area (Å²) in [5, 5.41) is 10.2. The first kappa shape index (κ1) is 12.8. The number of nitrogens with zero attached hydrogens (tertiary/aromatic N) is 1. The molecule has 0 spiro atoms. The van der Waals surface area contributed by atoms with Crippen LogP contribution in [0.1, 0.15) is 35.6 Å². The molecule has 96 valence electrons. The number of aryl methyl sites for hydroxylation is 2. The van der Waals surface area contributed by atoms with E-state index >= 15 is 0 Å². The Labute approximate surface area is 106 Å². The minimum absolute atomic E-state index is 0.0575. The molecular formula is C14H17NO3. The summed E-state index contributed by atoms with van der Waals surface area (Å²) in [6.45, 7) is 3.91. The van der Waals surface area contributed by atoms with Gasteiger partial charge in [-0.3, -0.25) is 14.5 Å². The van der Waals surface area contributed by atoms with Crippen molar-refractivity contribution in [3.63, 3.8) is 0 Å². The second-order valence-corrected chi connectivity index (χ2v) is 4.77. The minimum atomic E-state index is -0.809. The van der Waals surface area contributed by atoms with Gasteiger partial charge in [0.25, 0.3) is 0 Å². The van der Waals surface area contributed by atoms with Gasteiger partial charge in [-0.05, 0) is 25.0 Å². The lowest BCUT2D eigenvalue weighted by atomic mass is 10.0. The number of rotatable bonds is 3. The van der Waals surface area contributed by atoms with E-state index in [0.29, 0.717) is 0 Å². The van der Waals surface area contributed by atoms with Gasteiger partial charge < -0.3 is 5.11 Å². The zero-order valence-electron chi connectivity index (χ0n) is 10.6. The molecule has 1 aromatic carbocycles. The molecule has 0 radical (unpaired) electrons. The van der Waals surface area contributed by atoms with Gasteiger partial charge in [0.2, 0.25) is 11.8 Å². The number of benzene rings is 1. The summed E-state index contributed by atoms with van der Waals surface area (Å²) < 4.78 is 0. The molecule has 0 saturated carbocycles. The van der Waals surface area contributed by atoms with Gasteiger partial charge in [-0.2, -0.15) is 0 Å². The summed E-state index contributed by atoms with van der Waals surface area (Å²) in [7, 11) is 0. The number of carbonyl (C=O) groups excluding carboxylic acids is 2. The lowest BCUT2D eigenvalue weighted by Gasteiger charge is -2.20. The van der Waals surface area contributed by atoms with Crippen LogP contribution in [0.4, 0.5) is 0 Å². The summed E-state index contributed by atoms with van der Waals surface area (Å²) in [6, 6.07) is 5.80. The number of likely N-dealkylation sites (tertiary alicyclic amines) is 1. The quantitative estimate of drug-likeness (QED) is 0.823. The second-order valence-electron chi connectivity index (χ2n) is 4.77. The van der Waals surface area contributed by atoms with Gasteiger partial charge in [0.05, 0.1) is 12.6 Å². The topological polar surface area (TPSA) is 57.6 Å². The van der Waals surface area contributed by atoms with Gasteiger partial charge in [0, 0.05) is 12.8 Å². The first-order valence-electron chi connectivity index (χ1n) is 6.07. The number of hydrogen-bond donors (Lipinski definition) is 1. The number of aliphatic hydroxyl groups excluding tert-OH is 1. The predicted molar refractivity (Wildman–Crippen MR) is 66.8 cm³/mol. The minimum Gasteiger partial charge on any atom is -0.387 e. The Morgan fingerprint density at radius 2 is 1.83 bits per heavy atom. The molecular weight excluding hydrogens is 230 g/mol. The standard InChI is InChI=1S/C14H17NO3/c1-9-3-4-10(2)11(7-9)12(16)8-15-13(17)5-6-14(15)18/h3-4,7,12,16H,5-6,8H2,1-2H3. The smallest absolute Gasteiger partial charge is 0.229 e. The van der Waals surface area contributed by atoms with Gasteiger partial charge in [-0.15, -0.1) is 0 Å². The van der Waals surface area contributed by atoms with Crippen LogP contribution in [0.15, 0.2) is 18.2 Å². The van der Waals surface area contributed by atoms with Crippen molar-refractivity contribution >= 4 is 11.8 Å². The van der Waals surface area contributed by atoms with Gasteiger partial charge >= 0.3 is 0 Å². The van der Waals surface area contributed by atoms with E-state index < -0.39 is 6.10 Å². The van der Waals surface area contributed by atoms with Crippen LogP contribution < -0.4 is 0 Å². The Kier molecular flexibility index (Phi) is 3.48. The van der Waals surface area contributed by atoms with Crippen LogP contribution in [-0.4, -0.2) is 28.4 Å². The van der Waals surface area contributed by atoms with Crippen molar-refractivity contribution in [2.45, 2.75) is 32.8 Å². The van der Waals surface area contributed by atoms with Crippen LogP contribution in [0, 0.1) is 13.8 Å². The number of amides is 2. The number of imide groups is 1. The maximum atomic E-state index is 11.5. The molecule has 1 atom stereocenters. The van der Waals surface area contributed by atoms with Crippen molar-refractivity contribution in [1.29, 1.82) is 0 Å². The highest BCUT2D eigenvalue weighted by Crippen LogP contribution is 2.22. The largest absolute Gasteiger partial charge is 0.387 e. The van der Waals surface area contributed by atoms with E-state index in [1.807, 2.05) is 32.0 Å². The van der Waals surface area contributed by atoms with Crippen LogP contribution >= 0.6 is 0 Å². The molecule has 1 unspecified atom stereocenters. The van der Waals surface area contributed by atoms with Crippen LogP contribution in [0.25, 0.3) is 0 Å². The zero-order valence-corrected chi connectivity index (χ0v) is 10.6. The normalized spacial score (nSPS) is 17.4. The van der Waals surface area contributed by atoms with E-state index in [9.17, 15) is 14.7 Å². The molecule has 2 rings (SSSR count). The molecule has 18 heavy (non-hydrogen) atoms. The third-order valence-corrected chi connectivity index (χ3v) is 3.30. The van der Waals surface area contributed by atoms with E-state index in [1.54, 1.807) is 0 Å². The van der Waals surface area contributed by atoms with E-state index in [-0.39, 0.29) is 31.2 Å². The van der Waals surface area contributed by atoms with Crippen LogP contribution in [-0.2, 0) is 9.59 Å². The van der Waals surface area contributed by atoms with Gasteiger partial charge in [-0.25, -0.2) is 0 Å². The van der Waals surface area contributed by atoms with Crippen molar-refractivity contribution < 1.29 is 14.7 Å². The fourth-order valence-corrected chi connectivity index (χ4v) is 2.22. The summed E-state index contributed by atoms with van der Waals surface area (Å²) in [5.74, 6) is -0.381. The molecule has 1 aliphatic heterocycles. The predicted octanol–water partition coefficient (Wildman–Crippen LogP) is 1.49. The monoisotopic (exact) mass is 247 g/mol. The van der Waals surface area contributed by atoms with E-state index in [4.69, 9.17) is 0 Å². The summed E-state index contributed by atoms with van der Waals surface area (Å²) in [6.07, 6.45) is -0.285. The van der Waals surface area contributed by atoms with Crippen molar-refractivity contribution in [3.8, 4) is 0 Å². The lowest BCUT2D eigenvalue weighted by Crippen LogP contribution is -2.33. The van der Waals surface area contributed by atoms with Gasteiger partial charge in [-0.1, -0.05) is 23.8 Å². The highest BCUT2D eigenvalue weighted by atomic mass is 16.3. The SMILES string of the molecule is Cc1ccc(C)c(C(O)CN2C(=O)CCC2=O)c1. The molecule has 0 aliphatic carbocycles. The second kappa shape index (κ2) is 4.90. The first-order valence-corrected chi connectivity index (χ1v) is 6.07. The Hall–Kier alpha value is -1.68. The molecule has 1 aromatic rings. The fourth-order valence-electron chi connectivity index (χ4n) is 2.22. The zero-order chi connectivity index (χ0) is 13.3. The Bertz CT molecular complexity index is 480. The van der Waals surface area contributed by atoms with E-state index in [1.165, 1.54) is 0 Å². The average molecular weight is 247 g/mol. The van der Waals surface area contributed by atoms with Crippen molar-refractivity contribution in [3.05, 3.63) is 34.9 Å². The third kappa shape index (κ3) is 2.43. The molecule has 4 nitrogen and oxygen atoms in total. The van der Waals surface area contributed by atoms with E-state index in [0.717, 1.165) is 21.6 Å². The Morgan fingerprint density at radius 1 is 1.22 bits per heavy atom. The highest BCUT2D eigenvalue weighted by molar-refractivity contribution is 6.01. The van der Waals surface area contributed by atoms with Crippen LogP contribution in [0.2, 0.25) is 0 Å². The summed E-state index contributed by atoms with van der Waals surface area (Å²) in [4.78, 5) is 24.2. The Balaban J connectivity index is 2.16. The average Bonchev–Trinajstić information content (AvgIpc) is 2.64. The van der Waals surface area contributed by atoms with Gasteiger partial charge in [0.15, 0.2) is 0 Å². The molecule has 0 bridgehead atoms. The number of hydrogen-bond acceptors (Lipinski definition) is 3. The lowest BCUT2D eigenvalue weighted by molar-refractivity contribution is -0.140. The molecule has 4 heteroatoms. The molecule has 1 aliphatic rings. The first-order chi connectivity index (χ1) is 8.49. The number of aliphatic hydroxyl groups is 1. The van der Waals surface area contributed by atoms with Crippen molar-refractivity contribution in [1.82, 2.24) is 4.90 Å². The van der Waals surface area contributed by atoms with Crippen molar-refractivity contribution in [2.75, 3.05) is 6.54 Å². The molecule has 1 saturated heterocycles. The fraction of sp³-hybridized carbons (Fsp3) is 0.429.